The SMILES string of the molecule is CC(C)NCCC(=O)Nc1ccccc1OCC(F)(F)F. The smallest absolute Gasteiger partial charge is 0.422 e. The topological polar surface area (TPSA) is 50.4 Å². The van der Waals surface area contributed by atoms with E-state index in [9.17, 15) is 18.0 Å². The van der Waals surface area contributed by atoms with Gasteiger partial charge in [0, 0.05) is 19.0 Å². The summed E-state index contributed by atoms with van der Waals surface area (Å²) in [6.07, 6.45) is -4.19. The van der Waals surface area contributed by atoms with Crippen LogP contribution in [0.3, 0.4) is 0 Å². The van der Waals surface area contributed by atoms with Crippen molar-refractivity contribution >= 4 is 11.6 Å². The summed E-state index contributed by atoms with van der Waals surface area (Å²) in [6, 6.07) is 6.30. The van der Waals surface area contributed by atoms with Crippen molar-refractivity contribution in [3.05, 3.63) is 24.3 Å². The predicted octanol–water partition coefficient (Wildman–Crippen LogP) is 2.95. The first-order valence-electron chi connectivity index (χ1n) is 6.60. The molecule has 0 aromatic heterocycles. The molecule has 0 saturated carbocycles. The maximum atomic E-state index is 12.2. The maximum Gasteiger partial charge on any atom is 0.422 e. The van der Waals surface area contributed by atoms with Gasteiger partial charge in [0.15, 0.2) is 6.61 Å². The van der Waals surface area contributed by atoms with Gasteiger partial charge in [0.2, 0.25) is 5.91 Å². The Morgan fingerprint density at radius 3 is 2.57 bits per heavy atom. The first-order valence-corrected chi connectivity index (χ1v) is 6.60. The summed E-state index contributed by atoms with van der Waals surface area (Å²) in [5, 5.41) is 5.63. The number of alkyl halides is 3. The molecule has 0 bridgehead atoms. The molecule has 0 saturated heterocycles. The second-order valence-corrected chi connectivity index (χ2v) is 4.81. The van der Waals surface area contributed by atoms with E-state index in [1.165, 1.54) is 12.1 Å². The second-order valence-electron chi connectivity index (χ2n) is 4.81. The van der Waals surface area contributed by atoms with E-state index in [-0.39, 0.29) is 29.8 Å². The van der Waals surface area contributed by atoms with Crippen LogP contribution in [0.2, 0.25) is 0 Å². The average molecular weight is 304 g/mol. The lowest BCUT2D eigenvalue weighted by Gasteiger charge is -2.14. The van der Waals surface area contributed by atoms with Crippen molar-refractivity contribution in [1.29, 1.82) is 0 Å². The van der Waals surface area contributed by atoms with Gasteiger partial charge in [-0.1, -0.05) is 26.0 Å². The highest BCUT2D eigenvalue weighted by molar-refractivity contribution is 5.92. The third-order valence-corrected chi connectivity index (χ3v) is 2.46. The molecule has 0 heterocycles. The number of hydrogen-bond acceptors (Lipinski definition) is 3. The molecule has 0 fully saturated rings. The van der Waals surface area contributed by atoms with Crippen molar-refractivity contribution < 1.29 is 22.7 Å². The minimum Gasteiger partial charge on any atom is -0.482 e. The fourth-order valence-corrected chi connectivity index (χ4v) is 1.54. The molecule has 4 nitrogen and oxygen atoms in total. The fourth-order valence-electron chi connectivity index (χ4n) is 1.54. The van der Waals surface area contributed by atoms with Gasteiger partial charge in [-0.25, -0.2) is 0 Å². The van der Waals surface area contributed by atoms with Crippen LogP contribution >= 0.6 is 0 Å². The summed E-state index contributed by atoms with van der Waals surface area (Å²) < 4.78 is 41.2. The van der Waals surface area contributed by atoms with E-state index in [2.05, 4.69) is 15.4 Å². The molecule has 2 N–H and O–H groups in total. The average Bonchev–Trinajstić information content (AvgIpc) is 2.36. The molecule has 118 valence electrons. The van der Waals surface area contributed by atoms with Gasteiger partial charge >= 0.3 is 6.18 Å². The lowest BCUT2D eigenvalue weighted by molar-refractivity contribution is -0.153. The van der Waals surface area contributed by atoms with Gasteiger partial charge in [-0.15, -0.1) is 0 Å². The van der Waals surface area contributed by atoms with Crippen molar-refractivity contribution in [2.24, 2.45) is 0 Å². The molecular weight excluding hydrogens is 285 g/mol. The Morgan fingerprint density at radius 1 is 1.29 bits per heavy atom. The quantitative estimate of drug-likeness (QED) is 0.814. The summed E-state index contributed by atoms with van der Waals surface area (Å²) in [4.78, 5) is 11.7. The van der Waals surface area contributed by atoms with Crippen molar-refractivity contribution in [2.45, 2.75) is 32.5 Å². The molecule has 0 spiro atoms. The molecule has 21 heavy (non-hydrogen) atoms. The number of ether oxygens (including phenoxy) is 1. The Balaban J connectivity index is 2.56. The number of hydrogen-bond donors (Lipinski definition) is 2. The molecule has 1 aromatic rings. The largest absolute Gasteiger partial charge is 0.482 e. The number of anilines is 1. The van der Waals surface area contributed by atoms with E-state index in [1.54, 1.807) is 12.1 Å². The maximum absolute atomic E-state index is 12.2. The van der Waals surface area contributed by atoms with Crippen LogP contribution in [0.1, 0.15) is 20.3 Å². The molecular formula is C14H19F3N2O2. The van der Waals surface area contributed by atoms with Crippen molar-refractivity contribution in [3.63, 3.8) is 0 Å². The van der Waals surface area contributed by atoms with Crippen LogP contribution in [0.15, 0.2) is 24.3 Å². The standard InChI is InChI=1S/C14H19F3N2O2/c1-10(2)18-8-7-13(20)19-11-5-3-4-6-12(11)21-9-14(15,16)17/h3-6,10,18H,7-9H2,1-2H3,(H,19,20). The molecule has 0 aliphatic carbocycles. The van der Waals surface area contributed by atoms with E-state index < -0.39 is 12.8 Å². The molecule has 1 aromatic carbocycles. The molecule has 1 amide bonds. The third-order valence-electron chi connectivity index (χ3n) is 2.46. The Hall–Kier alpha value is -1.76. The summed E-state index contributed by atoms with van der Waals surface area (Å²) in [6.45, 7) is 3.01. The van der Waals surface area contributed by atoms with E-state index in [0.29, 0.717) is 6.54 Å². The molecule has 0 aliphatic rings. The van der Waals surface area contributed by atoms with Gasteiger partial charge < -0.3 is 15.4 Å². The van der Waals surface area contributed by atoms with Crippen LogP contribution in [-0.2, 0) is 4.79 Å². The van der Waals surface area contributed by atoms with Gasteiger partial charge in [0.05, 0.1) is 5.69 Å². The van der Waals surface area contributed by atoms with Crippen LogP contribution in [-0.4, -0.2) is 31.3 Å². The summed E-state index contributed by atoms with van der Waals surface area (Å²) in [5.41, 5.74) is 0.233. The fraction of sp³-hybridized carbons (Fsp3) is 0.500. The lowest BCUT2D eigenvalue weighted by Crippen LogP contribution is -2.27. The molecule has 0 atom stereocenters. The van der Waals surface area contributed by atoms with Crippen molar-refractivity contribution in [3.8, 4) is 5.75 Å². The third kappa shape index (κ3) is 7.55. The number of halogens is 3. The van der Waals surface area contributed by atoms with E-state index in [1.807, 2.05) is 13.8 Å². The zero-order valence-electron chi connectivity index (χ0n) is 12.0. The first-order chi connectivity index (χ1) is 9.78. The molecule has 1 rings (SSSR count). The Bertz CT molecular complexity index is 462. The van der Waals surface area contributed by atoms with Gasteiger partial charge in [0.1, 0.15) is 5.75 Å². The van der Waals surface area contributed by atoms with Crippen LogP contribution in [0, 0.1) is 0 Å². The second kappa shape index (κ2) is 7.87. The highest BCUT2D eigenvalue weighted by Gasteiger charge is 2.28. The molecule has 0 unspecified atom stereocenters. The summed E-state index contributed by atoms with van der Waals surface area (Å²) >= 11 is 0. The lowest BCUT2D eigenvalue weighted by atomic mass is 10.2. The molecule has 0 aliphatic heterocycles. The van der Waals surface area contributed by atoms with Crippen LogP contribution in [0.4, 0.5) is 18.9 Å². The van der Waals surface area contributed by atoms with Crippen molar-refractivity contribution in [1.82, 2.24) is 5.32 Å². The molecule has 0 radical (unpaired) electrons. The monoisotopic (exact) mass is 304 g/mol. The predicted molar refractivity (Wildman–Crippen MR) is 74.4 cm³/mol. The van der Waals surface area contributed by atoms with E-state index in [4.69, 9.17) is 0 Å². The van der Waals surface area contributed by atoms with Crippen molar-refractivity contribution in [2.75, 3.05) is 18.5 Å². The minimum absolute atomic E-state index is 0.00000577. The number of amides is 1. The zero-order chi connectivity index (χ0) is 15.9. The Morgan fingerprint density at radius 2 is 1.95 bits per heavy atom. The normalized spacial score (nSPS) is 11.5. The zero-order valence-corrected chi connectivity index (χ0v) is 12.0. The highest BCUT2D eigenvalue weighted by atomic mass is 19.4. The minimum atomic E-state index is -4.42. The van der Waals surface area contributed by atoms with Gasteiger partial charge in [0.25, 0.3) is 0 Å². The van der Waals surface area contributed by atoms with E-state index >= 15 is 0 Å². The number of carbonyl (C=O) groups is 1. The first kappa shape index (κ1) is 17.3. The number of carbonyl (C=O) groups excluding carboxylic acids is 1. The van der Waals surface area contributed by atoms with Gasteiger partial charge in [-0.2, -0.15) is 13.2 Å². The van der Waals surface area contributed by atoms with Gasteiger partial charge in [-0.05, 0) is 12.1 Å². The van der Waals surface area contributed by atoms with E-state index in [0.717, 1.165) is 0 Å². The van der Waals surface area contributed by atoms with Crippen LogP contribution in [0.5, 0.6) is 5.75 Å². The summed E-state index contributed by atoms with van der Waals surface area (Å²) in [7, 11) is 0. The Labute approximate surface area is 121 Å². The number of para-hydroxylation sites is 2. The number of benzene rings is 1. The van der Waals surface area contributed by atoms with Crippen LogP contribution < -0.4 is 15.4 Å². The highest BCUT2D eigenvalue weighted by Crippen LogP contribution is 2.26. The van der Waals surface area contributed by atoms with Gasteiger partial charge in [-0.3, -0.25) is 4.79 Å². The number of nitrogens with one attached hydrogen (secondary N) is 2. The molecule has 7 heteroatoms. The van der Waals surface area contributed by atoms with Crippen LogP contribution in [0.25, 0.3) is 0 Å². The number of rotatable bonds is 7. The Kier molecular flexibility index (Phi) is 6.48. The summed E-state index contributed by atoms with van der Waals surface area (Å²) in [5.74, 6) is -0.286.